The van der Waals surface area contributed by atoms with E-state index < -0.39 is 0 Å². The number of nitrogens with zero attached hydrogens (tertiary/aromatic N) is 5. The van der Waals surface area contributed by atoms with E-state index in [2.05, 4.69) is 77.2 Å². The molecule has 0 aliphatic carbocycles. The maximum atomic E-state index is 4.92. The number of hydrogen-bond acceptors (Lipinski definition) is 7. The first kappa shape index (κ1) is 22.5. The SMILES string of the molecule is c1ccc(CNCc2cncc(-c3cc4c(-c5nc6c(-c7cccs7)cncc6[nH]5)n[nH]c4cn3)c2)cc1. The second-order valence-corrected chi connectivity index (χ2v) is 9.95. The molecule has 8 nitrogen and oxygen atoms in total. The van der Waals surface area contributed by atoms with Crippen LogP contribution in [0.4, 0.5) is 0 Å². The number of aromatic nitrogens is 7. The third-order valence-corrected chi connectivity index (χ3v) is 7.35. The summed E-state index contributed by atoms with van der Waals surface area (Å²) in [6.45, 7) is 1.52. The van der Waals surface area contributed by atoms with Gasteiger partial charge in [-0.2, -0.15) is 5.10 Å². The maximum Gasteiger partial charge on any atom is 0.159 e. The standard InChI is InChI=1S/C29H22N8S/c1-2-5-18(6-3-1)11-30-12-19-9-20(14-31-13-19)23-10-21-24(17-33-23)36-37-28(21)29-34-25-16-32-15-22(27(25)35-29)26-7-4-8-38-26/h1-10,13-17,30H,11-12H2,(H,34,35)(H,36,37). The Hall–Kier alpha value is -4.73. The Morgan fingerprint density at radius 2 is 1.71 bits per heavy atom. The molecule has 0 spiro atoms. The normalized spacial score (nSPS) is 11.5. The number of H-pyrrole nitrogens is 2. The van der Waals surface area contributed by atoms with Gasteiger partial charge >= 0.3 is 0 Å². The molecule has 0 fully saturated rings. The van der Waals surface area contributed by atoms with Crippen LogP contribution in [0.2, 0.25) is 0 Å². The van der Waals surface area contributed by atoms with Gasteiger partial charge in [0, 0.05) is 53.1 Å². The predicted molar refractivity (Wildman–Crippen MR) is 150 cm³/mol. The highest BCUT2D eigenvalue weighted by molar-refractivity contribution is 7.13. The number of thiophene rings is 1. The van der Waals surface area contributed by atoms with Crippen LogP contribution in [0.5, 0.6) is 0 Å². The average Bonchev–Trinajstić information content (AvgIpc) is 3.73. The van der Waals surface area contributed by atoms with E-state index in [0.717, 1.165) is 61.4 Å². The van der Waals surface area contributed by atoms with E-state index in [1.807, 2.05) is 43.0 Å². The minimum absolute atomic E-state index is 0.686. The summed E-state index contributed by atoms with van der Waals surface area (Å²) in [6, 6.07) is 18.6. The van der Waals surface area contributed by atoms with E-state index in [4.69, 9.17) is 4.98 Å². The van der Waals surface area contributed by atoms with Gasteiger partial charge in [0.2, 0.25) is 0 Å². The van der Waals surface area contributed by atoms with Crippen LogP contribution in [0.15, 0.2) is 91.0 Å². The largest absolute Gasteiger partial charge is 0.335 e. The molecule has 38 heavy (non-hydrogen) atoms. The molecule has 0 unspecified atom stereocenters. The molecule has 0 radical (unpaired) electrons. The second kappa shape index (κ2) is 9.62. The van der Waals surface area contributed by atoms with Crippen LogP contribution in [0.25, 0.3) is 55.2 Å². The van der Waals surface area contributed by atoms with Crippen molar-refractivity contribution in [2.24, 2.45) is 0 Å². The lowest BCUT2D eigenvalue weighted by molar-refractivity contribution is 0.691. The van der Waals surface area contributed by atoms with Crippen LogP contribution in [-0.4, -0.2) is 35.1 Å². The zero-order valence-electron chi connectivity index (χ0n) is 20.2. The number of fused-ring (bicyclic) bond motifs is 2. The summed E-state index contributed by atoms with van der Waals surface area (Å²) in [6.07, 6.45) is 9.19. The lowest BCUT2D eigenvalue weighted by Gasteiger charge is -2.07. The summed E-state index contributed by atoms with van der Waals surface area (Å²) in [7, 11) is 0. The molecule has 3 N–H and O–H groups in total. The third kappa shape index (κ3) is 4.23. The summed E-state index contributed by atoms with van der Waals surface area (Å²) in [4.78, 5) is 23.0. The third-order valence-electron chi connectivity index (χ3n) is 6.44. The van der Waals surface area contributed by atoms with Crippen LogP contribution in [0, 0.1) is 0 Å². The highest BCUT2D eigenvalue weighted by Gasteiger charge is 2.17. The van der Waals surface area contributed by atoms with Crippen LogP contribution in [0.1, 0.15) is 11.1 Å². The van der Waals surface area contributed by atoms with Gasteiger partial charge in [-0.15, -0.1) is 11.3 Å². The molecule has 6 aromatic heterocycles. The summed E-state index contributed by atoms with van der Waals surface area (Å²) < 4.78 is 0. The molecule has 0 aliphatic heterocycles. The summed E-state index contributed by atoms with van der Waals surface area (Å²) in [5, 5.41) is 14.1. The number of pyridine rings is 3. The van der Waals surface area contributed by atoms with E-state index >= 15 is 0 Å². The molecule has 1 aromatic carbocycles. The minimum Gasteiger partial charge on any atom is -0.335 e. The van der Waals surface area contributed by atoms with Gasteiger partial charge in [0.15, 0.2) is 5.82 Å². The Balaban J connectivity index is 1.20. The van der Waals surface area contributed by atoms with Crippen LogP contribution >= 0.6 is 11.3 Å². The van der Waals surface area contributed by atoms with Crippen molar-refractivity contribution < 1.29 is 0 Å². The van der Waals surface area contributed by atoms with E-state index in [9.17, 15) is 0 Å². The zero-order chi connectivity index (χ0) is 25.3. The van der Waals surface area contributed by atoms with Gasteiger partial charge < -0.3 is 10.3 Å². The zero-order valence-corrected chi connectivity index (χ0v) is 21.0. The summed E-state index contributed by atoms with van der Waals surface area (Å²) in [5.41, 5.74) is 8.46. The quantitative estimate of drug-likeness (QED) is 0.242. The molecule has 0 atom stereocenters. The first-order valence-corrected chi connectivity index (χ1v) is 13.1. The van der Waals surface area contributed by atoms with Crippen molar-refractivity contribution in [3.05, 3.63) is 102 Å². The molecule has 6 heterocycles. The van der Waals surface area contributed by atoms with Crippen molar-refractivity contribution in [1.29, 1.82) is 0 Å². The van der Waals surface area contributed by atoms with Gasteiger partial charge in [-0.1, -0.05) is 36.4 Å². The van der Waals surface area contributed by atoms with E-state index in [0.29, 0.717) is 12.4 Å². The fourth-order valence-electron chi connectivity index (χ4n) is 4.58. The highest BCUT2D eigenvalue weighted by Crippen LogP contribution is 2.33. The summed E-state index contributed by atoms with van der Waals surface area (Å²) >= 11 is 1.67. The van der Waals surface area contributed by atoms with E-state index in [1.165, 1.54) is 5.56 Å². The number of aromatic amines is 2. The minimum atomic E-state index is 0.686. The fourth-order valence-corrected chi connectivity index (χ4v) is 5.32. The van der Waals surface area contributed by atoms with E-state index in [1.54, 1.807) is 17.5 Å². The molecule has 184 valence electrons. The summed E-state index contributed by atoms with van der Waals surface area (Å²) in [5.74, 6) is 0.686. The molecule has 0 saturated heterocycles. The monoisotopic (exact) mass is 514 g/mol. The average molecular weight is 515 g/mol. The number of imidazole rings is 1. The highest BCUT2D eigenvalue weighted by atomic mass is 32.1. The molecule has 0 saturated carbocycles. The first-order valence-electron chi connectivity index (χ1n) is 12.2. The van der Waals surface area contributed by atoms with Crippen molar-refractivity contribution in [3.63, 3.8) is 0 Å². The first-order chi connectivity index (χ1) is 18.8. The Morgan fingerprint density at radius 3 is 2.61 bits per heavy atom. The molecule has 0 amide bonds. The van der Waals surface area contributed by atoms with Gasteiger partial charge in [-0.25, -0.2) is 4.98 Å². The number of benzene rings is 1. The molecular weight excluding hydrogens is 492 g/mol. The second-order valence-electron chi connectivity index (χ2n) is 9.00. The van der Waals surface area contributed by atoms with Gasteiger partial charge in [-0.05, 0) is 34.7 Å². The van der Waals surface area contributed by atoms with Crippen LogP contribution < -0.4 is 5.32 Å². The molecule has 0 aliphatic rings. The van der Waals surface area contributed by atoms with Gasteiger partial charge in [0.1, 0.15) is 11.2 Å². The van der Waals surface area contributed by atoms with Gasteiger partial charge in [0.25, 0.3) is 0 Å². The Kier molecular flexibility index (Phi) is 5.69. The van der Waals surface area contributed by atoms with Crippen molar-refractivity contribution in [1.82, 2.24) is 40.4 Å². The molecule has 7 rings (SSSR count). The van der Waals surface area contributed by atoms with Crippen molar-refractivity contribution >= 4 is 33.3 Å². The lowest BCUT2D eigenvalue weighted by Crippen LogP contribution is -2.12. The Labute approximate surface area is 221 Å². The molecule has 9 heteroatoms. The topological polar surface area (TPSA) is 108 Å². The van der Waals surface area contributed by atoms with Crippen LogP contribution in [-0.2, 0) is 13.1 Å². The van der Waals surface area contributed by atoms with Crippen molar-refractivity contribution in [3.8, 4) is 33.2 Å². The number of nitrogens with one attached hydrogen (secondary N) is 3. The Bertz CT molecular complexity index is 1850. The molecule has 7 aromatic rings. The van der Waals surface area contributed by atoms with Gasteiger partial charge in [-0.3, -0.25) is 20.1 Å². The molecule has 0 bridgehead atoms. The Morgan fingerprint density at radius 1 is 0.816 bits per heavy atom. The number of rotatable bonds is 7. The number of hydrogen-bond donors (Lipinski definition) is 3. The fraction of sp³-hybridized carbons (Fsp3) is 0.0690. The van der Waals surface area contributed by atoms with Crippen molar-refractivity contribution in [2.45, 2.75) is 13.1 Å². The lowest BCUT2D eigenvalue weighted by atomic mass is 10.1. The smallest absolute Gasteiger partial charge is 0.159 e. The van der Waals surface area contributed by atoms with E-state index in [-0.39, 0.29) is 0 Å². The molecular formula is C29H22N8S. The predicted octanol–water partition coefficient (Wildman–Crippen LogP) is 5.98. The van der Waals surface area contributed by atoms with Gasteiger partial charge in [0.05, 0.1) is 29.1 Å². The van der Waals surface area contributed by atoms with Crippen molar-refractivity contribution in [2.75, 3.05) is 0 Å². The van der Waals surface area contributed by atoms with Crippen LogP contribution in [0.3, 0.4) is 0 Å². The maximum absolute atomic E-state index is 4.92.